The van der Waals surface area contributed by atoms with E-state index < -0.39 is 0 Å². The van der Waals surface area contributed by atoms with Gasteiger partial charge in [-0.15, -0.1) is 0 Å². The molecule has 3 nitrogen and oxygen atoms in total. The van der Waals surface area contributed by atoms with Gasteiger partial charge in [-0.3, -0.25) is 0 Å². The van der Waals surface area contributed by atoms with Gasteiger partial charge < -0.3 is 14.8 Å². The van der Waals surface area contributed by atoms with Gasteiger partial charge in [-0.05, 0) is 65.8 Å². The second-order valence-electron chi connectivity index (χ2n) is 5.33. The zero-order valence-electron chi connectivity index (χ0n) is 11.1. The van der Waals surface area contributed by atoms with E-state index in [9.17, 15) is 0 Å². The van der Waals surface area contributed by atoms with Gasteiger partial charge in [0.1, 0.15) is 0 Å². The van der Waals surface area contributed by atoms with Crippen LogP contribution in [-0.2, 0) is 6.42 Å². The van der Waals surface area contributed by atoms with E-state index >= 15 is 0 Å². The van der Waals surface area contributed by atoms with Gasteiger partial charge in [0.15, 0.2) is 11.5 Å². The van der Waals surface area contributed by atoms with Crippen molar-refractivity contribution >= 4 is 15.9 Å². The summed E-state index contributed by atoms with van der Waals surface area (Å²) in [5.41, 5.74) is 1.33. The van der Waals surface area contributed by atoms with Gasteiger partial charge in [-0.1, -0.05) is 6.07 Å². The Hall–Kier alpha value is -0.740. The SMILES string of the molecule is Brc1c(CC2CCCNC2)ccc2c1OCCCO2. The predicted molar refractivity (Wildman–Crippen MR) is 79.0 cm³/mol. The highest BCUT2D eigenvalue weighted by molar-refractivity contribution is 9.10. The van der Waals surface area contributed by atoms with E-state index in [2.05, 4.69) is 33.4 Å². The number of fused-ring (bicyclic) bond motifs is 1. The molecular formula is C15H20BrNO2. The fourth-order valence-corrected chi connectivity index (χ4v) is 3.41. The van der Waals surface area contributed by atoms with Crippen molar-refractivity contribution in [3.05, 3.63) is 22.2 Å². The predicted octanol–water partition coefficient (Wildman–Crippen LogP) is 3.15. The van der Waals surface area contributed by atoms with Gasteiger partial charge in [-0.25, -0.2) is 0 Å². The topological polar surface area (TPSA) is 30.5 Å². The molecule has 104 valence electrons. The molecule has 3 rings (SSSR count). The number of rotatable bonds is 2. The maximum absolute atomic E-state index is 5.82. The first-order valence-corrected chi connectivity index (χ1v) is 7.91. The molecule has 0 radical (unpaired) electrons. The molecule has 0 aromatic heterocycles. The number of ether oxygens (including phenoxy) is 2. The standard InChI is InChI=1S/C15H20BrNO2/c16-14-12(9-11-3-1-6-17-10-11)4-5-13-15(14)19-8-2-7-18-13/h4-5,11,17H,1-3,6-10H2. The molecule has 1 atom stereocenters. The average Bonchev–Trinajstić information content (AvgIpc) is 2.69. The van der Waals surface area contributed by atoms with E-state index in [0.29, 0.717) is 0 Å². The second kappa shape index (κ2) is 6.14. The third-order valence-electron chi connectivity index (χ3n) is 3.84. The molecule has 0 bridgehead atoms. The fourth-order valence-electron chi connectivity index (χ4n) is 2.81. The lowest BCUT2D eigenvalue weighted by atomic mass is 9.92. The third-order valence-corrected chi connectivity index (χ3v) is 4.71. The Labute approximate surface area is 122 Å². The Morgan fingerprint density at radius 3 is 2.95 bits per heavy atom. The van der Waals surface area contributed by atoms with Crippen LogP contribution in [0.4, 0.5) is 0 Å². The number of hydrogen-bond acceptors (Lipinski definition) is 3. The lowest BCUT2D eigenvalue weighted by Crippen LogP contribution is -2.30. The monoisotopic (exact) mass is 325 g/mol. The minimum Gasteiger partial charge on any atom is -0.490 e. The molecular weight excluding hydrogens is 306 g/mol. The molecule has 4 heteroatoms. The van der Waals surface area contributed by atoms with Gasteiger partial charge in [0.05, 0.1) is 17.7 Å². The van der Waals surface area contributed by atoms with Crippen molar-refractivity contribution in [2.75, 3.05) is 26.3 Å². The molecule has 0 aliphatic carbocycles. The van der Waals surface area contributed by atoms with E-state index in [4.69, 9.17) is 9.47 Å². The molecule has 1 aromatic carbocycles. The number of halogens is 1. The summed E-state index contributed by atoms with van der Waals surface area (Å²) in [6.45, 7) is 3.77. The average molecular weight is 326 g/mol. The van der Waals surface area contributed by atoms with E-state index in [-0.39, 0.29) is 0 Å². The molecule has 19 heavy (non-hydrogen) atoms. The number of nitrogens with one attached hydrogen (secondary N) is 1. The van der Waals surface area contributed by atoms with Gasteiger partial charge in [0, 0.05) is 6.42 Å². The van der Waals surface area contributed by atoms with Crippen LogP contribution in [0.15, 0.2) is 16.6 Å². The number of piperidine rings is 1. The van der Waals surface area contributed by atoms with Gasteiger partial charge in [0.2, 0.25) is 0 Å². The van der Waals surface area contributed by atoms with Crippen molar-refractivity contribution in [2.24, 2.45) is 5.92 Å². The fraction of sp³-hybridized carbons (Fsp3) is 0.600. The van der Waals surface area contributed by atoms with Crippen LogP contribution in [0.5, 0.6) is 11.5 Å². The number of benzene rings is 1. The van der Waals surface area contributed by atoms with Crippen LogP contribution >= 0.6 is 15.9 Å². The highest BCUT2D eigenvalue weighted by Gasteiger charge is 2.20. The normalized spacial score (nSPS) is 22.9. The van der Waals surface area contributed by atoms with Crippen LogP contribution in [0.25, 0.3) is 0 Å². The Bertz CT molecular complexity index is 444. The quantitative estimate of drug-likeness (QED) is 0.906. The highest BCUT2D eigenvalue weighted by Crippen LogP contribution is 2.40. The summed E-state index contributed by atoms with van der Waals surface area (Å²) >= 11 is 3.70. The Morgan fingerprint density at radius 2 is 2.11 bits per heavy atom. The van der Waals surface area contributed by atoms with Gasteiger partial charge >= 0.3 is 0 Å². The van der Waals surface area contributed by atoms with E-state index in [1.54, 1.807) is 0 Å². The lowest BCUT2D eigenvalue weighted by molar-refractivity contribution is 0.296. The van der Waals surface area contributed by atoms with E-state index in [1.165, 1.54) is 24.9 Å². The van der Waals surface area contributed by atoms with Crippen molar-refractivity contribution in [1.29, 1.82) is 0 Å². The van der Waals surface area contributed by atoms with E-state index in [1.807, 2.05) is 0 Å². The molecule has 2 aliphatic rings. The Kier molecular flexibility index (Phi) is 4.28. The van der Waals surface area contributed by atoms with Crippen molar-refractivity contribution in [3.63, 3.8) is 0 Å². The maximum Gasteiger partial charge on any atom is 0.175 e. The molecule has 0 spiro atoms. The van der Waals surface area contributed by atoms with Crippen molar-refractivity contribution in [2.45, 2.75) is 25.7 Å². The maximum atomic E-state index is 5.82. The van der Waals surface area contributed by atoms with E-state index in [0.717, 1.165) is 54.5 Å². The third kappa shape index (κ3) is 3.06. The first-order valence-electron chi connectivity index (χ1n) is 7.12. The zero-order valence-corrected chi connectivity index (χ0v) is 12.7. The second-order valence-corrected chi connectivity index (χ2v) is 6.13. The summed E-state index contributed by atoms with van der Waals surface area (Å²) in [4.78, 5) is 0. The Balaban J connectivity index is 1.80. The summed E-state index contributed by atoms with van der Waals surface area (Å²) in [5, 5.41) is 3.48. The smallest absolute Gasteiger partial charge is 0.175 e. The van der Waals surface area contributed by atoms with Crippen molar-refractivity contribution in [3.8, 4) is 11.5 Å². The summed E-state index contributed by atoms with van der Waals surface area (Å²) in [5.74, 6) is 2.49. The molecule has 1 N–H and O–H groups in total. The largest absolute Gasteiger partial charge is 0.490 e. The lowest BCUT2D eigenvalue weighted by Gasteiger charge is -2.23. The molecule has 2 aliphatic heterocycles. The molecule has 1 aromatic rings. The number of hydrogen-bond donors (Lipinski definition) is 1. The summed E-state index contributed by atoms with van der Waals surface area (Å²) < 4.78 is 12.6. The van der Waals surface area contributed by atoms with Crippen LogP contribution in [0, 0.1) is 5.92 Å². The molecule has 0 saturated carbocycles. The van der Waals surface area contributed by atoms with Gasteiger partial charge in [0.25, 0.3) is 0 Å². The first kappa shape index (κ1) is 13.3. The van der Waals surface area contributed by atoms with Crippen LogP contribution < -0.4 is 14.8 Å². The van der Waals surface area contributed by atoms with Gasteiger partial charge in [-0.2, -0.15) is 0 Å². The summed E-state index contributed by atoms with van der Waals surface area (Å²) in [7, 11) is 0. The first-order chi connectivity index (χ1) is 9.34. The van der Waals surface area contributed by atoms with Crippen LogP contribution in [0.2, 0.25) is 0 Å². The molecule has 2 heterocycles. The van der Waals surface area contributed by atoms with Crippen molar-refractivity contribution in [1.82, 2.24) is 5.32 Å². The van der Waals surface area contributed by atoms with Crippen LogP contribution in [-0.4, -0.2) is 26.3 Å². The summed E-state index contributed by atoms with van der Waals surface area (Å²) in [6.07, 6.45) is 4.65. The molecule has 0 amide bonds. The summed E-state index contributed by atoms with van der Waals surface area (Å²) in [6, 6.07) is 4.23. The molecule has 1 saturated heterocycles. The highest BCUT2D eigenvalue weighted by atomic mass is 79.9. The van der Waals surface area contributed by atoms with Crippen LogP contribution in [0.1, 0.15) is 24.8 Å². The van der Waals surface area contributed by atoms with Crippen LogP contribution in [0.3, 0.4) is 0 Å². The minimum atomic E-state index is 0.731. The Morgan fingerprint density at radius 1 is 1.21 bits per heavy atom. The zero-order chi connectivity index (χ0) is 13.1. The molecule has 1 fully saturated rings. The molecule has 1 unspecified atom stereocenters. The minimum absolute atomic E-state index is 0.731. The van der Waals surface area contributed by atoms with Crippen molar-refractivity contribution < 1.29 is 9.47 Å².